The van der Waals surface area contributed by atoms with E-state index in [0.29, 0.717) is 5.84 Å². The van der Waals surface area contributed by atoms with Gasteiger partial charge in [0.25, 0.3) is 0 Å². The summed E-state index contributed by atoms with van der Waals surface area (Å²) in [6, 6.07) is 0. The SMILES string of the molecule is C=C\C=C/C(N)=N/C=C/NC(=O)OC(C)(C)C. The molecule has 0 rings (SSSR count). The number of nitrogens with one attached hydrogen (secondary N) is 1. The molecule has 0 spiro atoms. The number of amides is 1. The minimum absolute atomic E-state index is 0.312. The van der Waals surface area contributed by atoms with Crippen molar-refractivity contribution in [3.05, 3.63) is 37.2 Å². The molecule has 0 atom stereocenters. The number of carbonyl (C=O) groups is 1. The van der Waals surface area contributed by atoms with Crippen LogP contribution < -0.4 is 11.1 Å². The zero-order valence-corrected chi connectivity index (χ0v) is 10.4. The van der Waals surface area contributed by atoms with Crippen molar-refractivity contribution in [3.63, 3.8) is 0 Å². The molecule has 0 aromatic heterocycles. The maximum absolute atomic E-state index is 11.2. The highest BCUT2D eigenvalue weighted by Crippen LogP contribution is 2.06. The molecule has 0 aromatic rings. The van der Waals surface area contributed by atoms with Crippen LogP contribution in [0.2, 0.25) is 0 Å². The Kier molecular flexibility index (Phi) is 6.40. The lowest BCUT2D eigenvalue weighted by Gasteiger charge is -2.18. The lowest BCUT2D eigenvalue weighted by atomic mass is 10.2. The maximum Gasteiger partial charge on any atom is 0.411 e. The number of nitrogens with zero attached hydrogens (tertiary/aromatic N) is 1. The molecule has 0 aliphatic rings. The van der Waals surface area contributed by atoms with E-state index >= 15 is 0 Å². The molecule has 94 valence electrons. The van der Waals surface area contributed by atoms with Crippen LogP contribution in [0.5, 0.6) is 0 Å². The number of ether oxygens (including phenoxy) is 1. The Bertz CT molecular complexity index is 349. The molecule has 0 heterocycles. The van der Waals surface area contributed by atoms with Crippen molar-refractivity contribution in [3.8, 4) is 0 Å². The van der Waals surface area contributed by atoms with Crippen molar-refractivity contribution >= 4 is 11.9 Å². The molecule has 0 radical (unpaired) electrons. The van der Waals surface area contributed by atoms with E-state index in [1.165, 1.54) is 12.4 Å². The van der Waals surface area contributed by atoms with Crippen LogP contribution in [-0.2, 0) is 4.74 Å². The van der Waals surface area contributed by atoms with Crippen LogP contribution in [0.1, 0.15) is 20.8 Å². The quantitative estimate of drug-likeness (QED) is 0.446. The smallest absolute Gasteiger partial charge is 0.411 e. The van der Waals surface area contributed by atoms with Crippen molar-refractivity contribution in [2.45, 2.75) is 26.4 Å². The average Bonchev–Trinajstić information content (AvgIpc) is 2.19. The van der Waals surface area contributed by atoms with Gasteiger partial charge in [-0.25, -0.2) is 9.79 Å². The van der Waals surface area contributed by atoms with Crippen molar-refractivity contribution in [1.82, 2.24) is 5.32 Å². The highest BCUT2D eigenvalue weighted by molar-refractivity contribution is 5.92. The fourth-order valence-electron chi connectivity index (χ4n) is 0.746. The Balaban J connectivity index is 4.08. The van der Waals surface area contributed by atoms with Crippen LogP contribution in [0.4, 0.5) is 4.79 Å². The molecule has 0 aromatic carbocycles. The van der Waals surface area contributed by atoms with E-state index in [9.17, 15) is 4.79 Å². The second kappa shape index (κ2) is 7.27. The predicted octanol–water partition coefficient (Wildman–Crippen LogP) is 2.08. The monoisotopic (exact) mass is 237 g/mol. The Morgan fingerprint density at radius 1 is 1.47 bits per heavy atom. The number of hydrogen-bond acceptors (Lipinski definition) is 3. The summed E-state index contributed by atoms with van der Waals surface area (Å²) in [6.45, 7) is 8.85. The average molecular weight is 237 g/mol. The second-order valence-corrected chi connectivity index (χ2v) is 4.11. The van der Waals surface area contributed by atoms with E-state index in [2.05, 4.69) is 16.9 Å². The molecule has 17 heavy (non-hydrogen) atoms. The summed E-state index contributed by atoms with van der Waals surface area (Å²) in [6.07, 6.45) is 7.02. The van der Waals surface area contributed by atoms with Crippen molar-refractivity contribution < 1.29 is 9.53 Å². The molecule has 3 N–H and O–H groups in total. The second-order valence-electron chi connectivity index (χ2n) is 4.11. The molecule has 0 bridgehead atoms. The van der Waals surface area contributed by atoms with Gasteiger partial charge in [-0.05, 0) is 26.8 Å². The Hall–Kier alpha value is -2.04. The maximum atomic E-state index is 11.2. The first-order valence-electron chi connectivity index (χ1n) is 5.12. The summed E-state index contributed by atoms with van der Waals surface area (Å²) in [4.78, 5) is 15.0. The first-order chi connectivity index (χ1) is 7.85. The number of aliphatic imine (C=N–C) groups is 1. The van der Waals surface area contributed by atoms with Gasteiger partial charge in [0.15, 0.2) is 0 Å². The van der Waals surface area contributed by atoms with Gasteiger partial charge in [-0.2, -0.15) is 0 Å². The molecular formula is C12H19N3O2. The highest BCUT2D eigenvalue weighted by Gasteiger charge is 2.14. The van der Waals surface area contributed by atoms with Gasteiger partial charge in [0.05, 0.1) is 0 Å². The number of allylic oxidation sites excluding steroid dienone is 2. The van der Waals surface area contributed by atoms with Gasteiger partial charge in [0.2, 0.25) is 0 Å². The topological polar surface area (TPSA) is 76.7 Å². The lowest BCUT2D eigenvalue weighted by molar-refractivity contribution is 0.0552. The molecule has 0 aliphatic heterocycles. The van der Waals surface area contributed by atoms with E-state index < -0.39 is 11.7 Å². The number of amidine groups is 1. The number of nitrogens with two attached hydrogens (primary N) is 1. The van der Waals surface area contributed by atoms with Gasteiger partial charge in [-0.1, -0.05) is 18.7 Å². The molecule has 0 aliphatic carbocycles. The third kappa shape index (κ3) is 10.2. The highest BCUT2D eigenvalue weighted by atomic mass is 16.6. The molecular weight excluding hydrogens is 218 g/mol. The molecule has 0 saturated carbocycles. The molecule has 0 fully saturated rings. The minimum Gasteiger partial charge on any atom is -0.444 e. The molecule has 0 saturated heterocycles. The van der Waals surface area contributed by atoms with Crippen molar-refractivity contribution in [2.75, 3.05) is 0 Å². The van der Waals surface area contributed by atoms with E-state index in [0.717, 1.165) is 0 Å². The van der Waals surface area contributed by atoms with Crippen LogP contribution in [0.25, 0.3) is 0 Å². The fourth-order valence-corrected chi connectivity index (χ4v) is 0.746. The number of hydrogen-bond donors (Lipinski definition) is 2. The Labute approximate surface area is 102 Å². The lowest BCUT2D eigenvalue weighted by Crippen LogP contribution is -2.29. The van der Waals surface area contributed by atoms with Crippen LogP contribution in [0.15, 0.2) is 42.2 Å². The Morgan fingerprint density at radius 2 is 2.12 bits per heavy atom. The van der Waals surface area contributed by atoms with E-state index in [4.69, 9.17) is 10.5 Å². The third-order valence-corrected chi connectivity index (χ3v) is 1.30. The normalized spacial score (nSPS) is 13.0. The van der Waals surface area contributed by atoms with E-state index in [1.807, 2.05) is 0 Å². The van der Waals surface area contributed by atoms with E-state index in [1.54, 1.807) is 39.0 Å². The summed E-state index contributed by atoms with van der Waals surface area (Å²) >= 11 is 0. The van der Waals surface area contributed by atoms with Gasteiger partial charge in [-0.15, -0.1) is 0 Å². The van der Waals surface area contributed by atoms with E-state index in [-0.39, 0.29) is 0 Å². The van der Waals surface area contributed by atoms with Gasteiger partial charge >= 0.3 is 6.09 Å². The van der Waals surface area contributed by atoms with Gasteiger partial charge in [0, 0.05) is 12.4 Å². The molecule has 0 unspecified atom stereocenters. The third-order valence-electron chi connectivity index (χ3n) is 1.30. The summed E-state index contributed by atoms with van der Waals surface area (Å²) in [7, 11) is 0. The predicted molar refractivity (Wildman–Crippen MR) is 69.5 cm³/mol. The van der Waals surface area contributed by atoms with Crippen LogP contribution in [0.3, 0.4) is 0 Å². The minimum atomic E-state index is -0.538. The fraction of sp³-hybridized carbons (Fsp3) is 0.333. The first kappa shape index (κ1) is 15.0. The van der Waals surface area contributed by atoms with Crippen molar-refractivity contribution in [1.29, 1.82) is 0 Å². The molecule has 1 amide bonds. The zero-order chi connectivity index (χ0) is 13.3. The van der Waals surface area contributed by atoms with Crippen molar-refractivity contribution in [2.24, 2.45) is 10.7 Å². The molecule has 5 heteroatoms. The Morgan fingerprint density at radius 3 is 2.65 bits per heavy atom. The first-order valence-corrected chi connectivity index (χ1v) is 5.12. The van der Waals surface area contributed by atoms with Gasteiger partial charge in [0.1, 0.15) is 11.4 Å². The zero-order valence-electron chi connectivity index (χ0n) is 10.4. The number of alkyl carbamates (subject to hydrolysis) is 1. The summed E-state index contributed by atoms with van der Waals surface area (Å²) < 4.78 is 5.00. The summed E-state index contributed by atoms with van der Waals surface area (Å²) in [5.41, 5.74) is 4.98. The number of carbonyl (C=O) groups excluding carboxylic acids is 1. The summed E-state index contributed by atoms with van der Waals surface area (Å²) in [5, 5.41) is 2.40. The van der Waals surface area contributed by atoms with Crippen LogP contribution >= 0.6 is 0 Å². The number of rotatable bonds is 4. The summed E-state index contributed by atoms with van der Waals surface area (Å²) in [5.74, 6) is 0.312. The standard InChI is InChI=1S/C12H19N3O2/c1-5-6-7-10(13)14-8-9-15-11(16)17-12(2,3)4/h5-9H,1H2,2-4H3,(H2,13,14)(H,15,16)/b7-6-,9-8+. The molecule has 5 nitrogen and oxygen atoms in total. The van der Waals surface area contributed by atoms with Gasteiger partial charge < -0.3 is 10.5 Å². The van der Waals surface area contributed by atoms with Crippen LogP contribution in [0, 0.1) is 0 Å². The van der Waals surface area contributed by atoms with Crippen LogP contribution in [-0.4, -0.2) is 17.5 Å². The largest absolute Gasteiger partial charge is 0.444 e. The van der Waals surface area contributed by atoms with Gasteiger partial charge in [-0.3, -0.25) is 5.32 Å².